The van der Waals surface area contributed by atoms with Crippen molar-refractivity contribution in [2.24, 2.45) is 5.92 Å². The number of anilines is 1. The minimum absolute atomic E-state index is 0.0571. The predicted octanol–water partition coefficient (Wildman–Crippen LogP) is 5.06. The first-order chi connectivity index (χ1) is 14.3. The highest BCUT2D eigenvalue weighted by Crippen LogP contribution is 2.51. The number of hydrogen-bond donors (Lipinski definition) is 2. The first kappa shape index (κ1) is 20.3. The van der Waals surface area contributed by atoms with Gasteiger partial charge in [0.25, 0.3) is 5.91 Å². The van der Waals surface area contributed by atoms with E-state index in [2.05, 4.69) is 34.9 Å². The summed E-state index contributed by atoms with van der Waals surface area (Å²) in [6.07, 6.45) is 5.53. The van der Waals surface area contributed by atoms with Crippen LogP contribution in [0.3, 0.4) is 0 Å². The Morgan fingerprint density at radius 3 is 2.57 bits per heavy atom. The van der Waals surface area contributed by atoms with Crippen molar-refractivity contribution < 1.29 is 14.3 Å². The second kappa shape index (κ2) is 7.71. The fourth-order valence-electron chi connectivity index (χ4n) is 4.59. The molecule has 3 unspecified atom stereocenters. The van der Waals surface area contributed by atoms with Gasteiger partial charge in [-0.1, -0.05) is 30.4 Å². The molecule has 1 amide bonds. The minimum atomic E-state index is -0.299. The van der Waals surface area contributed by atoms with Crippen molar-refractivity contribution >= 4 is 11.6 Å². The molecule has 0 saturated carbocycles. The Hall–Kier alpha value is -2.95. The van der Waals surface area contributed by atoms with Gasteiger partial charge in [-0.3, -0.25) is 4.79 Å². The van der Waals surface area contributed by atoms with Gasteiger partial charge in [0.2, 0.25) is 0 Å². The molecule has 0 fully saturated rings. The van der Waals surface area contributed by atoms with Crippen molar-refractivity contribution in [3.8, 4) is 11.5 Å². The van der Waals surface area contributed by atoms with Crippen LogP contribution in [0.25, 0.3) is 0 Å². The van der Waals surface area contributed by atoms with Gasteiger partial charge in [-0.15, -0.1) is 0 Å². The van der Waals surface area contributed by atoms with Gasteiger partial charge in [0.1, 0.15) is 0 Å². The van der Waals surface area contributed by atoms with E-state index in [-0.39, 0.29) is 23.4 Å². The van der Waals surface area contributed by atoms with Gasteiger partial charge in [0.15, 0.2) is 11.5 Å². The van der Waals surface area contributed by atoms with Crippen LogP contribution in [-0.4, -0.2) is 25.7 Å². The van der Waals surface area contributed by atoms with Crippen molar-refractivity contribution in [1.29, 1.82) is 0 Å². The lowest BCUT2D eigenvalue weighted by Crippen LogP contribution is -2.41. The molecule has 5 heteroatoms. The molecule has 0 saturated heterocycles. The largest absolute Gasteiger partial charge is 0.493 e. The standard InChI is InChI=1S/C25H30N2O3/c1-25(2,3)27-24(28)19-11-7-10-18-16-8-6-9-17(16)22(26-23(18)19)15-12-13-20(29-4)21(14-15)30-5/h6-8,10-14,16-17,22,26H,9H2,1-5H3,(H,27,28). The van der Waals surface area contributed by atoms with E-state index in [4.69, 9.17) is 9.47 Å². The van der Waals surface area contributed by atoms with E-state index < -0.39 is 0 Å². The summed E-state index contributed by atoms with van der Waals surface area (Å²) in [5, 5.41) is 6.81. The molecule has 0 radical (unpaired) electrons. The second-order valence-electron chi connectivity index (χ2n) is 9.06. The topological polar surface area (TPSA) is 59.6 Å². The monoisotopic (exact) mass is 406 g/mol. The van der Waals surface area contributed by atoms with Crippen molar-refractivity contribution in [2.45, 2.75) is 44.7 Å². The SMILES string of the molecule is COc1ccc(C2Nc3c(C(=O)NC(C)(C)C)cccc3C3C=CCC32)cc1OC. The number of amides is 1. The number of ether oxygens (including phenoxy) is 2. The molecule has 2 aromatic carbocycles. The molecule has 5 nitrogen and oxygen atoms in total. The maximum Gasteiger partial charge on any atom is 0.253 e. The molecule has 158 valence electrons. The summed E-state index contributed by atoms with van der Waals surface area (Å²) >= 11 is 0. The highest BCUT2D eigenvalue weighted by atomic mass is 16.5. The van der Waals surface area contributed by atoms with Crippen LogP contribution in [0.1, 0.15) is 60.6 Å². The van der Waals surface area contributed by atoms with Crippen LogP contribution >= 0.6 is 0 Å². The lowest BCUT2D eigenvalue weighted by Gasteiger charge is -2.38. The Bertz CT molecular complexity index is 990. The van der Waals surface area contributed by atoms with Gasteiger partial charge in [-0.25, -0.2) is 0 Å². The molecule has 1 aliphatic heterocycles. The van der Waals surface area contributed by atoms with E-state index in [1.54, 1.807) is 14.2 Å². The van der Waals surface area contributed by atoms with Gasteiger partial charge in [0, 0.05) is 11.5 Å². The Balaban J connectivity index is 1.76. The van der Waals surface area contributed by atoms with Gasteiger partial charge in [-0.2, -0.15) is 0 Å². The summed E-state index contributed by atoms with van der Waals surface area (Å²) in [5.41, 5.74) is 3.63. The molecule has 3 atom stereocenters. The summed E-state index contributed by atoms with van der Waals surface area (Å²) < 4.78 is 10.9. The normalized spacial score (nSPS) is 22.0. The lowest BCUT2D eigenvalue weighted by atomic mass is 9.76. The molecule has 0 aromatic heterocycles. The number of nitrogens with one attached hydrogen (secondary N) is 2. The zero-order valence-corrected chi connectivity index (χ0v) is 18.3. The van der Waals surface area contributed by atoms with Gasteiger partial charge >= 0.3 is 0 Å². The number of hydrogen-bond acceptors (Lipinski definition) is 4. The van der Waals surface area contributed by atoms with E-state index in [0.717, 1.165) is 17.7 Å². The van der Waals surface area contributed by atoms with Crippen LogP contribution in [0.5, 0.6) is 11.5 Å². The van der Waals surface area contributed by atoms with Crippen LogP contribution in [-0.2, 0) is 0 Å². The van der Waals surface area contributed by atoms with Gasteiger partial charge < -0.3 is 20.1 Å². The fourth-order valence-corrected chi connectivity index (χ4v) is 4.59. The molecule has 2 N–H and O–H groups in total. The quantitative estimate of drug-likeness (QED) is 0.697. The number of benzene rings is 2. The summed E-state index contributed by atoms with van der Waals surface area (Å²) in [6, 6.07) is 12.2. The summed E-state index contributed by atoms with van der Waals surface area (Å²) in [7, 11) is 3.30. The third-order valence-corrected chi connectivity index (χ3v) is 5.90. The van der Waals surface area contributed by atoms with Gasteiger partial charge in [-0.05, 0) is 62.4 Å². The van der Waals surface area contributed by atoms with E-state index in [1.807, 2.05) is 45.0 Å². The highest BCUT2D eigenvalue weighted by Gasteiger charge is 2.39. The van der Waals surface area contributed by atoms with Crippen LogP contribution in [0.2, 0.25) is 0 Å². The third kappa shape index (κ3) is 3.64. The van der Waals surface area contributed by atoms with E-state index in [9.17, 15) is 4.79 Å². The molecule has 0 bridgehead atoms. The molecular formula is C25H30N2O3. The van der Waals surface area contributed by atoms with Crippen LogP contribution < -0.4 is 20.1 Å². The van der Waals surface area contributed by atoms with E-state index in [1.165, 1.54) is 5.56 Å². The minimum Gasteiger partial charge on any atom is -0.493 e. The Morgan fingerprint density at radius 2 is 1.87 bits per heavy atom. The smallest absolute Gasteiger partial charge is 0.253 e. The molecule has 2 aliphatic rings. The molecule has 30 heavy (non-hydrogen) atoms. The number of carbonyl (C=O) groups excluding carboxylic acids is 1. The number of fused-ring (bicyclic) bond motifs is 3. The molecule has 0 spiro atoms. The third-order valence-electron chi connectivity index (χ3n) is 5.90. The first-order valence-corrected chi connectivity index (χ1v) is 10.4. The summed E-state index contributed by atoms with van der Waals surface area (Å²) in [4.78, 5) is 13.0. The maximum atomic E-state index is 13.0. The lowest BCUT2D eigenvalue weighted by molar-refractivity contribution is 0.0920. The average molecular weight is 407 g/mol. The number of para-hydroxylation sites is 1. The van der Waals surface area contributed by atoms with Gasteiger partial charge in [0.05, 0.1) is 31.5 Å². The maximum absolute atomic E-state index is 13.0. The van der Waals surface area contributed by atoms with Crippen LogP contribution in [0, 0.1) is 5.92 Å². The second-order valence-corrected chi connectivity index (χ2v) is 9.06. The van der Waals surface area contributed by atoms with Crippen LogP contribution in [0.15, 0.2) is 48.6 Å². The Morgan fingerprint density at radius 1 is 1.10 bits per heavy atom. The number of methoxy groups -OCH3 is 2. The molecule has 1 heterocycles. The zero-order valence-electron chi connectivity index (χ0n) is 18.3. The highest BCUT2D eigenvalue weighted by molar-refractivity contribution is 6.01. The fraction of sp³-hybridized carbons (Fsp3) is 0.400. The molecule has 4 rings (SSSR count). The number of rotatable bonds is 4. The predicted molar refractivity (Wildman–Crippen MR) is 120 cm³/mol. The zero-order chi connectivity index (χ0) is 21.5. The Kier molecular flexibility index (Phi) is 5.22. The molecular weight excluding hydrogens is 376 g/mol. The van der Waals surface area contributed by atoms with E-state index >= 15 is 0 Å². The van der Waals surface area contributed by atoms with Crippen molar-refractivity contribution in [2.75, 3.05) is 19.5 Å². The average Bonchev–Trinajstić information content (AvgIpc) is 3.21. The molecule has 1 aliphatic carbocycles. The van der Waals surface area contributed by atoms with E-state index in [0.29, 0.717) is 23.0 Å². The molecule has 2 aromatic rings. The van der Waals surface area contributed by atoms with Crippen molar-refractivity contribution in [3.63, 3.8) is 0 Å². The number of allylic oxidation sites excluding steroid dienone is 2. The van der Waals surface area contributed by atoms with Crippen LogP contribution in [0.4, 0.5) is 5.69 Å². The van der Waals surface area contributed by atoms with Crippen molar-refractivity contribution in [3.05, 3.63) is 65.2 Å². The number of carbonyl (C=O) groups is 1. The summed E-state index contributed by atoms with van der Waals surface area (Å²) in [5.74, 6) is 2.03. The Labute approximate surface area is 178 Å². The first-order valence-electron chi connectivity index (χ1n) is 10.4. The summed E-state index contributed by atoms with van der Waals surface area (Å²) in [6.45, 7) is 5.99. The van der Waals surface area contributed by atoms with Crippen molar-refractivity contribution in [1.82, 2.24) is 5.32 Å².